The van der Waals surface area contributed by atoms with Crippen molar-refractivity contribution in [3.63, 3.8) is 0 Å². The lowest BCUT2D eigenvalue weighted by Crippen LogP contribution is -2.53. The van der Waals surface area contributed by atoms with Crippen LogP contribution in [0.2, 0.25) is 0 Å². The Morgan fingerprint density at radius 3 is 2.00 bits per heavy atom. The number of alkyl carbamates (subject to hydrolysis) is 1. The molecular formula is C30H35N3O4. The summed E-state index contributed by atoms with van der Waals surface area (Å²) in [6, 6.07) is 12.5. The average molecular weight is 502 g/mol. The third-order valence-electron chi connectivity index (χ3n) is 5.61. The van der Waals surface area contributed by atoms with Crippen LogP contribution in [0.1, 0.15) is 62.9 Å². The number of aryl methyl sites for hydroxylation is 2. The first-order chi connectivity index (χ1) is 17.3. The van der Waals surface area contributed by atoms with Crippen molar-refractivity contribution < 1.29 is 19.1 Å². The molecule has 2 rings (SSSR count). The number of carbonyl (C=O) groups is 3. The van der Waals surface area contributed by atoms with Gasteiger partial charge < -0.3 is 15.4 Å². The number of hydrogen-bond acceptors (Lipinski definition) is 4. The zero-order valence-electron chi connectivity index (χ0n) is 22.5. The number of benzene rings is 2. The lowest BCUT2D eigenvalue weighted by atomic mass is 9.98. The molecule has 7 nitrogen and oxygen atoms in total. The molecule has 0 radical (unpaired) electrons. The lowest BCUT2D eigenvalue weighted by molar-refractivity contribution is -0.137. The van der Waals surface area contributed by atoms with Crippen LogP contribution < -0.4 is 10.6 Å². The first-order valence-corrected chi connectivity index (χ1v) is 12.0. The second-order valence-corrected chi connectivity index (χ2v) is 10.1. The van der Waals surface area contributed by atoms with E-state index in [9.17, 15) is 14.4 Å². The molecule has 0 saturated heterocycles. The number of carbonyl (C=O) groups excluding carboxylic acids is 3. The molecule has 0 aliphatic heterocycles. The summed E-state index contributed by atoms with van der Waals surface area (Å²) in [6.45, 7) is 12.5. The van der Waals surface area contributed by atoms with Crippen LogP contribution in [0.4, 0.5) is 10.5 Å². The zero-order valence-corrected chi connectivity index (χ0v) is 22.5. The van der Waals surface area contributed by atoms with Gasteiger partial charge in [0.2, 0.25) is 0 Å². The van der Waals surface area contributed by atoms with E-state index in [1.165, 1.54) is 0 Å². The van der Waals surface area contributed by atoms with E-state index in [0.717, 1.165) is 16.0 Å². The maximum atomic E-state index is 13.7. The lowest BCUT2D eigenvalue weighted by Gasteiger charge is -2.32. The summed E-state index contributed by atoms with van der Waals surface area (Å²) in [4.78, 5) is 41.0. The highest BCUT2D eigenvalue weighted by Crippen LogP contribution is 2.27. The van der Waals surface area contributed by atoms with Crippen molar-refractivity contribution in [2.75, 3.05) is 5.32 Å². The standard InChI is InChI=1S/C30H35N3O4/c1-10-22-15-17-23(18-16-22)26(27(34)31-25-20(5)13-12-14-21(25)6)33(11-2)28(35)24(19(3)4)32-29(36)37-30(7,8)9/h1-2,12-19,24,26H,3-9H3,(H,31,34)(H,32,36). The van der Waals surface area contributed by atoms with Crippen LogP contribution in [0.15, 0.2) is 42.5 Å². The number of terminal acetylenes is 2. The number of anilines is 1. The van der Waals surface area contributed by atoms with E-state index in [1.807, 2.05) is 32.0 Å². The van der Waals surface area contributed by atoms with Crippen LogP contribution in [0.3, 0.4) is 0 Å². The number of hydrogen-bond donors (Lipinski definition) is 2. The van der Waals surface area contributed by atoms with Gasteiger partial charge in [-0.25, -0.2) is 4.79 Å². The smallest absolute Gasteiger partial charge is 0.408 e. The predicted molar refractivity (Wildman–Crippen MR) is 145 cm³/mol. The van der Waals surface area contributed by atoms with Gasteiger partial charge in [-0.3, -0.25) is 14.5 Å². The molecule has 2 aromatic carbocycles. The third kappa shape index (κ3) is 7.62. The highest BCUT2D eigenvalue weighted by molar-refractivity contribution is 6.00. The van der Waals surface area contributed by atoms with Crippen molar-refractivity contribution in [3.05, 3.63) is 64.7 Å². The van der Waals surface area contributed by atoms with Gasteiger partial charge in [-0.15, -0.1) is 6.42 Å². The van der Waals surface area contributed by atoms with E-state index in [0.29, 0.717) is 16.8 Å². The van der Waals surface area contributed by atoms with Crippen LogP contribution >= 0.6 is 0 Å². The molecule has 37 heavy (non-hydrogen) atoms. The van der Waals surface area contributed by atoms with E-state index in [4.69, 9.17) is 17.6 Å². The highest BCUT2D eigenvalue weighted by atomic mass is 16.6. The molecule has 0 aromatic heterocycles. The Hall–Kier alpha value is -4.23. The Kier molecular flexibility index (Phi) is 9.52. The van der Waals surface area contributed by atoms with Crippen LogP contribution in [-0.4, -0.2) is 34.5 Å². The van der Waals surface area contributed by atoms with E-state index in [-0.39, 0.29) is 5.92 Å². The Labute approximate surface area is 220 Å². The summed E-state index contributed by atoms with van der Waals surface area (Å²) in [6.07, 6.45) is 10.6. The fraction of sp³-hybridized carbons (Fsp3) is 0.367. The monoisotopic (exact) mass is 501 g/mol. The van der Waals surface area contributed by atoms with Gasteiger partial charge in [-0.05, 0) is 69.4 Å². The summed E-state index contributed by atoms with van der Waals surface area (Å²) >= 11 is 0. The van der Waals surface area contributed by atoms with Gasteiger partial charge in [0.15, 0.2) is 0 Å². The molecule has 194 valence electrons. The molecule has 0 spiro atoms. The normalized spacial score (nSPS) is 12.5. The molecule has 2 atom stereocenters. The summed E-state index contributed by atoms with van der Waals surface area (Å²) in [5.41, 5.74) is 2.68. The topological polar surface area (TPSA) is 87.7 Å². The molecule has 7 heteroatoms. The Morgan fingerprint density at radius 1 is 0.973 bits per heavy atom. The van der Waals surface area contributed by atoms with Crippen LogP contribution in [0.5, 0.6) is 0 Å². The van der Waals surface area contributed by atoms with Gasteiger partial charge in [0.05, 0.1) is 0 Å². The van der Waals surface area contributed by atoms with Gasteiger partial charge in [-0.2, -0.15) is 0 Å². The minimum atomic E-state index is -1.19. The third-order valence-corrected chi connectivity index (χ3v) is 5.61. The first kappa shape index (κ1) is 29.0. The molecule has 2 N–H and O–H groups in total. The zero-order chi connectivity index (χ0) is 27.9. The number of ether oxygens (including phenoxy) is 1. The van der Waals surface area contributed by atoms with E-state index in [1.54, 1.807) is 58.9 Å². The van der Waals surface area contributed by atoms with Gasteiger partial charge in [0.1, 0.15) is 17.7 Å². The van der Waals surface area contributed by atoms with Crippen LogP contribution in [-0.2, 0) is 14.3 Å². The van der Waals surface area contributed by atoms with Crippen LogP contribution in [0, 0.1) is 44.6 Å². The summed E-state index contributed by atoms with van der Waals surface area (Å²) in [5.74, 6) is 1.07. The van der Waals surface area contributed by atoms with Gasteiger partial charge in [0, 0.05) is 17.3 Å². The first-order valence-electron chi connectivity index (χ1n) is 12.0. The van der Waals surface area contributed by atoms with Crippen molar-refractivity contribution in [1.29, 1.82) is 0 Å². The van der Waals surface area contributed by atoms with Crippen molar-refractivity contribution in [3.8, 4) is 24.8 Å². The molecule has 0 saturated carbocycles. The molecule has 0 aliphatic carbocycles. The second-order valence-electron chi connectivity index (χ2n) is 10.1. The largest absolute Gasteiger partial charge is 0.444 e. The Balaban J connectivity index is 2.51. The second kappa shape index (κ2) is 12.1. The van der Waals surface area contributed by atoms with Crippen molar-refractivity contribution in [2.45, 2.75) is 66.2 Å². The Bertz CT molecular complexity index is 1210. The van der Waals surface area contributed by atoms with Gasteiger partial charge in [0.25, 0.3) is 11.8 Å². The quantitative estimate of drug-likeness (QED) is 0.416. The summed E-state index contributed by atoms with van der Waals surface area (Å²) in [7, 11) is 0. The SMILES string of the molecule is C#Cc1ccc(C(C(=O)Nc2c(C)cccc2C)N(C#C)C(=O)C(NC(=O)OC(C)(C)C)C(C)C)cc1. The highest BCUT2D eigenvalue weighted by Gasteiger charge is 2.37. The molecule has 2 aromatic rings. The predicted octanol–water partition coefficient (Wildman–Crippen LogP) is 4.93. The maximum absolute atomic E-state index is 13.7. The molecule has 3 amide bonds. The number of nitrogens with one attached hydrogen (secondary N) is 2. The van der Waals surface area contributed by atoms with Crippen molar-refractivity contribution in [1.82, 2.24) is 10.2 Å². The molecular weight excluding hydrogens is 466 g/mol. The maximum Gasteiger partial charge on any atom is 0.408 e. The number of para-hydroxylation sites is 1. The van der Waals surface area contributed by atoms with E-state index >= 15 is 0 Å². The molecule has 0 bridgehead atoms. The fourth-order valence-electron chi connectivity index (χ4n) is 3.75. The molecule has 0 fully saturated rings. The van der Waals surface area contributed by atoms with E-state index < -0.39 is 35.6 Å². The van der Waals surface area contributed by atoms with E-state index in [2.05, 4.69) is 22.6 Å². The summed E-state index contributed by atoms with van der Waals surface area (Å²) in [5, 5.41) is 5.55. The Morgan fingerprint density at radius 2 is 1.54 bits per heavy atom. The summed E-state index contributed by atoms with van der Waals surface area (Å²) < 4.78 is 5.33. The van der Waals surface area contributed by atoms with Crippen molar-refractivity contribution in [2.24, 2.45) is 5.92 Å². The average Bonchev–Trinajstić information content (AvgIpc) is 2.81. The van der Waals surface area contributed by atoms with Gasteiger partial charge >= 0.3 is 6.09 Å². The minimum Gasteiger partial charge on any atom is -0.444 e. The number of rotatable bonds is 7. The van der Waals surface area contributed by atoms with Crippen molar-refractivity contribution >= 4 is 23.6 Å². The number of amides is 3. The fourth-order valence-corrected chi connectivity index (χ4v) is 3.75. The molecule has 0 heterocycles. The molecule has 0 aliphatic rings. The molecule has 2 unspecified atom stereocenters. The van der Waals surface area contributed by atoms with Crippen LogP contribution in [0.25, 0.3) is 0 Å². The van der Waals surface area contributed by atoms with Gasteiger partial charge in [-0.1, -0.05) is 56.5 Å². The minimum absolute atomic E-state index is 0.345. The number of nitrogens with zero attached hydrogens (tertiary/aromatic N) is 1.